The molecule has 0 saturated carbocycles. The van der Waals surface area contributed by atoms with Crippen molar-refractivity contribution in [3.63, 3.8) is 0 Å². The molecule has 530 valence electrons. The Morgan fingerprint density at radius 2 is 0.593 bits per heavy atom. The van der Waals surface area contributed by atoms with Crippen LogP contribution in [-0.4, -0.2) is 15.8 Å². The molecule has 0 atom stereocenters. The number of para-hydroxylation sites is 4. The number of hydrogen-bond donors (Lipinski definition) is 0. The van der Waals surface area contributed by atoms with E-state index in [1.807, 2.05) is 0 Å². The average Bonchev–Trinajstić information content (AvgIpc) is 1.48. The quantitative estimate of drug-likeness (QED) is 0.128. The summed E-state index contributed by atoms with van der Waals surface area (Å²) in [5, 5.41) is 8.90. The Hall–Kier alpha value is -14.4. The van der Waals surface area contributed by atoms with Crippen molar-refractivity contribution in [3.8, 4) is 78.1 Å². The van der Waals surface area contributed by atoms with Crippen molar-refractivity contribution >= 4 is 145 Å². The highest BCUT2D eigenvalue weighted by Crippen LogP contribution is 2.58. The Labute approximate surface area is 654 Å². The van der Waals surface area contributed by atoms with Crippen molar-refractivity contribution < 1.29 is 8.83 Å². The van der Waals surface area contributed by atoms with Crippen LogP contribution >= 0.6 is 0 Å². The molecule has 17 aromatic carbocycles. The monoisotopic (exact) mass is 1440 g/mol. The second-order valence-corrected chi connectivity index (χ2v) is 31.4. The van der Waals surface area contributed by atoms with Crippen LogP contribution in [0.3, 0.4) is 0 Å². The van der Waals surface area contributed by atoms with E-state index in [-0.39, 0.29) is 6.71 Å². The summed E-state index contributed by atoms with van der Waals surface area (Å²) in [6.45, 7) is 6.82. The van der Waals surface area contributed by atoms with Gasteiger partial charge in [0.15, 0.2) is 0 Å². The lowest BCUT2D eigenvalue weighted by Crippen LogP contribution is -2.61. The van der Waals surface area contributed by atoms with Crippen molar-refractivity contribution in [1.29, 1.82) is 0 Å². The number of hydrogen-bond acceptors (Lipinski definition) is 4. The SMILES string of the molecule is CC(C)(C)c1cc2c3c(c1)N(c1c(-c4ccccc4)cc(-c4ccccc4)c4oc5ccccc5c14)c1cc(-n4c5ccccc5c5cc(-c6ccccc6)ccc54)ccc1B3c1ccc(-n3c4ccccc4c4cc(-c5ccccc5)ccc43)cc1N2c1c(-c2ccccc2)cc(-c2ccccc2)c2oc3ccccc3c12. The highest BCUT2D eigenvalue weighted by molar-refractivity contribution is 7.00. The van der Waals surface area contributed by atoms with E-state index in [2.05, 4.69) is 416 Å². The minimum atomic E-state index is -0.403. The van der Waals surface area contributed by atoms with E-state index in [9.17, 15) is 0 Å². The van der Waals surface area contributed by atoms with Crippen molar-refractivity contribution in [1.82, 2.24) is 9.13 Å². The average molecular weight is 1440 g/mol. The predicted molar refractivity (Wildman–Crippen MR) is 475 cm³/mol. The molecule has 0 aliphatic carbocycles. The van der Waals surface area contributed by atoms with Gasteiger partial charge in [0.05, 0.1) is 44.2 Å². The number of furan rings is 2. The molecule has 6 heterocycles. The smallest absolute Gasteiger partial charge is 0.252 e. The highest BCUT2D eigenvalue weighted by Gasteiger charge is 2.47. The van der Waals surface area contributed by atoms with E-state index in [0.29, 0.717) is 0 Å². The molecule has 0 unspecified atom stereocenters. The molecular weight excluding hydrogens is 1370 g/mol. The zero-order valence-electron chi connectivity index (χ0n) is 62.5. The number of fused-ring (bicyclic) bond motifs is 16. The van der Waals surface area contributed by atoms with Crippen LogP contribution in [0.2, 0.25) is 0 Å². The van der Waals surface area contributed by atoms with Crippen LogP contribution in [0.5, 0.6) is 0 Å². The molecular formula is C106H71BN4O2. The first-order valence-electron chi connectivity index (χ1n) is 39.2. The molecule has 2 aliphatic rings. The second-order valence-electron chi connectivity index (χ2n) is 31.4. The Morgan fingerprint density at radius 3 is 0.982 bits per heavy atom. The number of rotatable bonds is 10. The highest BCUT2D eigenvalue weighted by atomic mass is 16.3. The first kappa shape index (κ1) is 64.6. The van der Waals surface area contributed by atoms with E-state index in [0.717, 1.165) is 156 Å². The van der Waals surface area contributed by atoms with Gasteiger partial charge >= 0.3 is 0 Å². The standard InChI is InChI=1S/C106H71BN4O2/c1-106(2,3)74-60-95-101-96(61-74)111(103-82(69-36-16-7-17-37-69)65-84(71-40-20-9-21-41-71)105-100(103)80-45-25-29-49-98(80)113-105)94-63-76(109-90-47-27-23-43-78(90)86-59-73(51-57-92(86)109)67-32-12-5-13-33-67)53-55-88(94)107(101)87-54-52-75(108-89-46-26-22-42-77(89)85-58-72(50-56-91(85)108)66-30-10-4-11-31-66)62-93(87)110(95)102-81(68-34-14-6-15-35-68)64-83(70-38-18-8-19-39-70)104-99(102)79-44-24-28-48-97(79)112-104/h4-65H,1-3H3. The van der Waals surface area contributed by atoms with Gasteiger partial charge in [0.25, 0.3) is 6.71 Å². The molecule has 0 amide bonds. The van der Waals surface area contributed by atoms with Gasteiger partial charge in [0, 0.05) is 88.7 Å². The van der Waals surface area contributed by atoms with Crippen LogP contribution in [0.1, 0.15) is 26.3 Å². The maximum absolute atomic E-state index is 7.47. The predicted octanol–water partition coefficient (Wildman–Crippen LogP) is 27.1. The van der Waals surface area contributed by atoms with E-state index in [4.69, 9.17) is 8.83 Å². The molecule has 21 aromatic rings. The maximum Gasteiger partial charge on any atom is 0.252 e. The Morgan fingerprint density at radius 1 is 0.257 bits per heavy atom. The normalized spacial score (nSPS) is 12.7. The fraction of sp³-hybridized carbons (Fsp3) is 0.0377. The third kappa shape index (κ3) is 9.94. The fourth-order valence-electron chi connectivity index (χ4n) is 18.9. The number of anilines is 6. The number of benzene rings is 17. The van der Waals surface area contributed by atoms with E-state index < -0.39 is 5.41 Å². The van der Waals surface area contributed by atoms with Gasteiger partial charge in [0.2, 0.25) is 0 Å². The summed E-state index contributed by atoms with van der Waals surface area (Å²) in [6.07, 6.45) is 0. The van der Waals surface area contributed by atoms with Crippen LogP contribution in [0.15, 0.2) is 385 Å². The van der Waals surface area contributed by atoms with Crippen molar-refractivity contribution in [2.75, 3.05) is 9.80 Å². The Balaban J connectivity index is 0.892. The summed E-state index contributed by atoms with van der Waals surface area (Å²) in [5.41, 5.74) is 33.8. The molecule has 7 heteroatoms. The van der Waals surface area contributed by atoms with Gasteiger partial charge < -0.3 is 27.8 Å². The van der Waals surface area contributed by atoms with Gasteiger partial charge in [0.1, 0.15) is 22.3 Å². The molecule has 2 aliphatic heterocycles. The lowest BCUT2D eigenvalue weighted by molar-refractivity contribution is 0.590. The van der Waals surface area contributed by atoms with Crippen LogP contribution in [0.4, 0.5) is 34.1 Å². The van der Waals surface area contributed by atoms with Crippen molar-refractivity contribution in [2.24, 2.45) is 0 Å². The van der Waals surface area contributed by atoms with Gasteiger partial charge in [-0.1, -0.05) is 300 Å². The Kier molecular flexibility index (Phi) is 14.3. The fourth-order valence-corrected chi connectivity index (χ4v) is 18.9. The van der Waals surface area contributed by atoms with Gasteiger partial charge in [-0.05, 0) is 169 Å². The van der Waals surface area contributed by atoms with Gasteiger partial charge in [-0.15, -0.1) is 0 Å². The van der Waals surface area contributed by atoms with Crippen molar-refractivity contribution in [2.45, 2.75) is 26.2 Å². The second kappa shape index (κ2) is 25.1. The zero-order valence-corrected chi connectivity index (χ0v) is 62.5. The molecule has 0 saturated heterocycles. The van der Waals surface area contributed by atoms with Crippen LogP contribution in [0.25, 0.3) is 166 Å². The molecule has 0 fully saturated rings. The maximum atomic E-state index is 7.47. The van der Waals surface area contributed by atoms with E-state index in [1.165, 1.54) is 65.8 Å². The molecule has 0 radical (unpaired) electrons. The summed E-state index contributed by atoms with van der Waals surface area (Å²) in [7, 11) is 0. The van der Waals surface area contributed by atoms with Crippen LogP contribution in [0, 0.1) is 0 Å². The van der Waals surface area contributed by atoms with Gasteiger partial charge in [-0.25, -0.2) is 0 Å². The summed E-state index contributed by atoms with van der Waals surface area (Å²) in [5.74, 6) is 0. The summed E-state index contributed by atoms with van der Waals surface area (Å²) >= 11 is 0. The topological polar surface area (TPSA) is 42.6 Å². The minimum absolute atomic E-state index is 0.325. The molecule has 113 heavy (non-hydrogen) atoms. The van der Waals surface area contributed by atoms with Crippen LogP contribution < -0.4 is 26.2 Å². The zero-order chi connectivity index (χ0) is 74.7. The van der Waals surface area contributed by atoms with E-state index >= 15 is 0 Å². The molecule has 0 spiro atoms. The summed E-state index contributed by atoms with van der Waals surface area (Å²) in [4.78, 5) is 5.37. The molecule has 0 bridgehead atoms. The first-order chi connectivity index (χ1) is 55.7. The largest absolute Gasteiger partial charge is 0.455 e. The first-order valence-corrected chi connectivity index (χ1v) is 39.2. The van der Waals surface area contributed by atoms with Gasteiger partial charge in [-0.3, -0.25) is 0 Å². The molecule has 4 aromatic heterocycles. The lowest BCUT2D eigenvalue weighted by atomic mass is 9.33. The molecule has 6 nitrogen and oxygen atoms in total. The van der Waals surface area contributed by atoms with Crippen LogP contribution in [-0.2, 0) is 5.41 Å². The number of aromatic nitrogens is 2. The number of nitrogens with zero attached hydrogens (tertiary/aromatic N) is 4. The lowest BCUT2D eigenvalue weighted by Gasteiger charge is -2.46. The third-order valence-electron chi connectivity index (χ3n) is 24.0. The van der Waals surface area contributed by atoms with Gasteiger partial charge in [-0.2, -0.15) is 0 Å². The summed E-state index contributed by atoms with van der Waals surface area (Å²) < 4.78 is 20.0. The summed E-state index contributed by atoms with van der Waals surface area (Å²) in [6, 6.07) is 139. The van der Waals surface area contributed by atoms with Crippen molar-refractivity contribution in [3.05, 3.63) is 382 Å². The Bertz CT molecular complexity index is 7020. The molecule has 0 N–H and O–H groups in total. The molecule has 23 rings (SSSR count). The van der Waals surface area contributed by atoms with E-state index in [1.54, 1.807) is 0 Å². The third-order valence-corrected chi connectivity index (χ3v) is 24.0. The minimum Gasteiger partial charge on any atom is -0.455 e.